The first-order chi connectivity index (χ1) is 14.1. The Morgan fingerprint density at radius 2 is 2.10 bits per heavy atom. The molecule has 0 bridgehead atoms. The zero-order valence-corrected chi connectivity index (χ0v) is 16.4. The molecule has 0 unspecified atom stereocenters. The lowest BCUT2D eigenvalue weighted by molar-refractivity contribution is -0.385. The van der Waals surface area contributed by atoms with Gasteiger partial charge < -0.3 is 4.74 Å². The van der Waals surface area contributed by atoms with Crippen molar-refractivity contribution in [3.05, 3.63) is 68.8 Å². The molecule has 1 aliphatic rings. The molecule has 0 atom stereocenters. The second-order valence-electron chi connectivity index (χ2n) is 6.94. The second kappa shape index (κ2) is 6.89. The highest BCUT2D eigenvalue weighted by Gasteiger charge is 2.24. The van der Waals surface area contributed by atoms with Crippen molar-refractivity contribution in [2.75, 3.05) is 0 Å². The molecule has 3 heterocycles. The Bertz CT molecular complexity index is 1250. The number of aryl methyl sites for hydroxylation is 3. The van der Waals surface area contributed by atoms with Crippen molar-refractivity contribution >= 4 is 27.2 Å². The van der Waals surface area contributed by atoms with E-state index >= 15 is 0 Å². The highest BCUT2D eigenvalue weighted by molar-refractivity contribution is 7.19. The molecule has 0 radical (unpaired) electrons. The van der Waals surface area contributed by atoms with Gasteiger partial charge in [0.15, 0.2) is 5.82 Å². The average molecular weight is 404 g/mol. The number of nitrogens with zero attached hydrogens (tertiary/aromatic N) is 4. The van der Waals surface area contributed by atoms with E-state index in [1.165, 1.54) is 16.5 Å². The molecule has 0 N–H and O–H groups in total. The first-order valence-corrected chi connectivity index (χ1v) is 10.1. The van der Waals surface area contributed by atoms with E-state index in [1.54, 1.807) is 42.8 Å². The van der Waals surface area contributed by atoms with Crippen LogP contribution in [0.2, 0.25) is 0 Å². The highest BCUT2D eigenvalue weighted by Crippen LogP contribution is 2.42. The largest absolute Gasteiger partial charge is 0.438 e. The summed E-state index contributed by atoms with van der Waals surface area (Å²) in [5, 5.41) is 12.1. The zero-order chi connectivity index (χ0) is 20.0. The second-order valence-corrected chi connectivity index (χ2v) is 8.02. The van der Waals surface area contributed by atoms with Gasteiger partial charge in [0.25, 0.3) is 5.69 Å². The van der Waals surface area contributed by atoms with Crippen LogP contribution in [0.4, 0.5) is 5.69 Å². The summed E-state index contributed by atoms with van der Waals surface area (Å²) in [6, 6.07) is 8.49. The van der Waals surface area contributed by atoms with Crippen molar-refractivity contribution in [1.82, 2.24) is 15.0 Å². The van der Waals surface area contributed by atoms with Crippen molar-refractivity contribution < 1.29 is 9.66 Å². The predicted octanol–water partition coefficient (Wildman–Crippen LogP) is 5.25. The van der Waals surface area contributed by atoms with Crippen LogP contribution < -0.4 is 4.74 Å². The van der Waals surface area contributed by atoms with Gasteiger partial charge in [0, 0.05) is 34.5 Å². The Labute approximate surface area is 170 Å². The van der Waals surface area contributed by atoms with Gasteiger partial charge in [0.05, 0.1) is 10.3 Å². The molecule has 5 rings (SSSR count). The van der Waals surface area contributed by atoms with Crippen LogP contribution in [-0.2, 0) is 12.8 Å². The molecular formula is C21H16N4O3S. The lowest BCUT2D eigenvalue weighted by Gasteiger charge is -2.10. The molecule has 144 valence electrons. The number of fused-ring (bicyclic) bond motifs is 3. The van der Waals surface area contributed by atoms with Gasteiger partial charge in [-0.3, -0.25) is 15.1 Å². The molecule has 1 aromatic carbocycles. The van der Waals surface area contributed by atoms with E-state index < -0.39 is 4.92 Å². The summed E-state index contributed by atoms with van der Waals surface area (Å²) in [5.74, 6) is 1.56. The molecule has 0 aliphatic heterocycles. The van der Waals surface area contributed by atoms with Crippen LogP contribution in [0.25, 0.3) is 21.6 Å². The van der Waals surface area contributed by atoms with E-state index in [0.717, 1.165) is 35.0 Å². The van der Waals surface area contributed by atoms with Crippen LogP contribution in [0.5, 0.6) is 11.6 Å². The van der Waals surface area contributed by atoms with E-state index in [-0.39, 0.29) is 5.69 Å². The van der Waals surface area contributed by atoms with Gasteiger partial charge >= 0.3 is 0 Å². The fourth-order valence-corrected chi connectivity index (χ4v) is 4.92. The number of hydrogen-bond donors (Lipinski definition) is 0. The van der Waals surface area contributed by atoms with Crippen LogP contribution in [0.3, 0.4) is 0 Å². The van der Waals surface area contributed by atoms with Crippen LogP contribution in [0.1, 0.15) is 22.4 Å². The Morgan fingerprint density at radius 3 is 2.86 bits per heavy atom. The maximum absolute atomic E-state index is 11.1. The van der Waals surface area contributed by atoms with E-state index in [0.29, 0.717) is 23.0 Å². The Hall–Kier alpha value is -3.39. The number of nitro benzene ring substituents is 1. The number of thiophene rings is 1. The van der Waals surface area contributed by atoms with E-state index in [4.69, 9.17) is 14.7 Å². The van der Waals surface area contributed by atoms with Gasteiger partial charge in [-0.05, 0) is 56.0 Å². The maximum atomic E-state index is 11.1. The molecule has 29 heavy (non-hydrogen) atoms. The summed E-state index contributed by atoms with van der Waals surface area (Å²) in [4.78, 5) is 26.6. The van der Waals surface area contributed by atoms with E-state index in [9.17, 15) is 10.1 Å². The lowest BCUT2D eigenvalue weighted by atomic mass is 10.2. The molecule has 0 saturated carbocycles. The smallest absolute Gasteiger partial charge is 0.272 e. The third-order valence-corrected chi connectivity index (χ3v) is 6.22. The SMILES string of the molecule is Cc1cc(Oc2nc(-c3cccnc3)nc3sc4c(c23)CCC4)ccc1[N+](=O)[O-]. The molecule has 3 aromatic heterocycles. The number of aromatic nitrogens is 3. The van der Waals surface area contributed by atoms with Crippen molar-refractivity contribution in [2.24, 2.45) is 0 Å². The molecule has 1 aliphatic carbocycles. The minimum absolute atomic E-state index is 0.0673. The summed E-state index contributed by atoms with van der Waals surface area (Å²) in [5.41, 5.74) is 2.68. The fraction of sp³-hybridized carbons (Fsp3) is 0.190. The lowest BCUT2D eigenvalue weighted by Crippen LogP contribution is -1.97. The average Bonchev–Trinajstić information content (AvgIpc) is 3.29. The van der Waals surface area contributed by atoms with Crippen LogP contribution >= 0.6 is 11.3 Å². The molecule has 0 spiro atoms. The van der Waals surface area contributed by atoms with Crippen molar-refractivity contribution in [1.29, 1.82) is 0 Å². The highest BCUT2D eigenvalue weighted by atomic mass is 32.1. The van der Waals surface area contributed by atoms with Crippen molar-refractivity contribution in [3.8, 4) is 23.0 Å². The van der Waals surface area contributed by atoms with Gasteiger partial charge in [0.1, 0.15) is 10.6 Å². The minimum atomic E-state index is -0.395. The van der Waals surface area contributed by atoms with E-state index in [1.807, 2.05) is 12.1 Å². The topological polar surface area (TPSA) is 91.0 Å². The molecule has 0 saturated heterocycles. The molecule has 7 nitrogen and oxygen atoms in total. The Balaban J connectivity index is 1.65. The predicted molar refractivity (Wildman–Crippen MR) is 111 cm³/mol. The number of ether oxygens (including phenoxy) is 1. The van der Waals surface area contributed by atoms with Crippen LogP contribution in [0.15, 0.2) is 42.7 Å². The third-order valence-electron chi connectivity index (χ3n) is 5.03. The molecule has 0 fully saturated rings. The third kappa shape index (κ3) is 3.11. The standard InChI is InChI=1S/C21H16N4O3S/c1-12-10-14(7-8-16(12)25(26)27)28-20-18-15-5-2-6-17(15)29-21(18)24-19(23-20)13-4-3-9-22-11-13/h3-4,7-11H,2,5-6H2,1H3. The number of hydrogen-bond acceptors (Lipinski definition) is 7. The molecular weight excluding hydrogens is 388 g/mol. The summed E-state index contributed by atoms with van der Waals surface area (Å²) in [6.07, 6.45) is 6.59. The number of nitro groups is 1. The normalized spacial score (nSPS) is 12.9. The Kier molecular flexibility index (Phi) is 4.21. The fourth-order valence-electron chi connectivity index (χ4n) is 3.67. The van der Waals surface area contributed by atoms with Gasteiger partial charge in [0.2, 0.25) is 5.88 Å². The summed E-state index contributed by atoms with van der Waals surface area (Å²) < 4.78 is 6.17. The molecule has 0 amide bonds. The van der Waals surface area contributed by atoms with Crippen molar-refractivity contribution in [2.45, 2.75) is 26.2 Å². The zero-order valence-electron chi connectivity index (χ0n) is 15.6. The first-order valence-electron chi connectivity index (χ1n) is 9.26. The van der Waals surface area contributed by atoms with E-state index in [2.05, 4.69) is 4.98 Å². The first kappa shape index (κ1) is 17.7. The van der Waals surface area contributed by atoms with Gasteiger partial charge in [-0.2, -0.15) is 4.98 Å². The Morgan fingerprint density at radius 1 is 1.21 bits per heavy atom. The molecule has 4 aromatic rings. The molecule has 8 heteroatoms. The van der Waals surface area contributed by atoms with Crippen LogP contribution in [-0.4, -0.2) is 19.9 Å². The monoisotopic (exact) mass is 404 g/mol. The summed E-state index contributed by atoms with van der Waals surface area (Å²) in [7, 11) is 0. The van der Waals surface area contributed by atoms with Crippen molar-refractivity contribution in [3.63, 3.8) is 0 Å². The van der Waals surface area contributed by atoms with Crippen LogP contribution in [0, 0.1) is 17.0 Å². The number of benzene rings is 1. The van der Waals surface area contributed by atoms with Gasteiger partial charge in [-0.25, -0.2) is 4.98 Å². The summed E-state index contributed by atoms with van der Waals surface area (Å²) >= 11 is 1.69. The maximum Gasteiger partial charge on any atom is 0.272 e. The minimum Gasteiger partial charge on any atom is -0.438 e. The summed E-state index contributed by atoms with van der Waals surface area (Å²) in [6.45, 7) is 1.70. The number of pyridine rings is 1. The van der Waals surface area contributed by atoms with Gasteiger partial charge in [-0.1, -0.05) is 0 Å². The quantitative estimate of drug-likeness (QED) is 0.341. The van der Waals surface area contributed by atoms with Gasteiger partial charge in [-0.15, -0.1) is 11.3 Å². The number of rotatable bonds is 4.